The van der Waals surface area contributed by atoms with Gasteiger partial charge in [0.05, 0.1) is 23.4 Å². The molecule has 2 aromatic carbocycles. The van der Waals surface area contributed by atoms with Crippen LogP contribution in [0.2, 0.25) is 0 Å². The standard InChI is InChI=1S/C31H32N2O4/c1-31(2)17-24(32-19-20-9-5-3-6-10-20)29(27(36)18-31)25(34)14-13-23-30-26(35)15-22(16-28(30)37-33-23)21-11-7-4-8-12-21/h3-12,22,34H,13-19H2,1-2H3/b29-25+,32-24?. The Morgan fingerprint density at radius 3 is 2.43 bits per heavy atom. The minimum Gasteiger partial charge on any atom is -0.511 e. The molecule has 1 heterocycles. The molecular formula is C31H32N2O4. The van der Waals surface area contributed by atoms with Crippen molar-refractivity contribution in [3.63, 3.8) is 0 Å². The van der Waals surface area contributed by atoms with Gasteiger partial charge in [-0.05, 0) is 28.9 Å². The molecule has 0 amide bonds. The molecule has 37 heavy (non-hydrogen) atoms. The van der Waals surface area contributed by atoms with Crippen LogP contribution in [-0.4, -0.2) is 27.5 Å². The van der Waals surface area contributed by atoms with Crippen molar-refractivity contribution in [2.45, 2.75) is 64.8 Å². The molecule has 6 heteroatoms. The van der Waals surface area contributed by atoms with Crippen molar-refractivity contribution in [3.05, 3.63) is 100 Å². The molecule has 2 aliphatic carbocycles. The largest absolute Gasteiger partial charge is 0.511 e. The number of aromatic nitrogens is 1. The first kappa shape index (κ1) is 24.9. The lowest BCUT2D eigenvalue weighted by Crippen LogP contribution is -2.32. The number of aryl methyl sites for hydroxylation is 1. The van der Waals surface area contributed by atoms with Gasteiger partial charge in [0.25, 0.3) is 0 Å². The molecule has 0 radical (unpaired) electrons. The molecule has 0 bridgehead atoms. The number of aliphatic hydroxyl groups excluding tert-OH is 1. The molecule has 2 aliphatic rings. The molecule has 1 fully saturated rings. The lowest BCUT2D eigenvalue weighted by molar-refractivity contribution is -0.117. The number of hydrogen-bond acceptors (Lipinski definition) is 6. The second kappa shape index (κ2) is 10.3. The Hall–Kier alpha value is -3.80. The number of rotatable bonds is 6. The van der Waals surface area contributed by atoms with E-state index in [1.165, 1.54) is 0 Å². The molecule has 6 nitrogen and oxygen atoms in total. The summed E-state index contributed by atoms with van der Waals surface area (Å²) in [6.45, 7) is 4.55. The van der Waals surface area contributed by atoms with Gasteiger partial charge >= 0.3 is 0 Å². The van der Waals surface area contributed by atoms with Gasteiger partial charge in [0.1, 0.15) is 11.5 Å². The van der Waals surface area contributed by atoms with E-state index in [9.17, 15) is 14.7 Å². The summed E-state index contributed by atoms with van der Waals surface area (Å²) in [5, 5.41) is 15.3. The summed E-state index contributed by atoms with van der Waals surface area (Å²) in [5.41, 5.74) is 4.00. The van der Waals surface area contributed by atoms with Crippen LogP contribution in [0.3, 0.4) is 0 Å². The highest BCUT2D eigenvalue weighted by Crippen LogP contribution is 2.37. The van der Waals surface area contributed by atoms with Crippen molar-refractivity contribution < 1.29 is 19.2 Å². The van der Waals surface area contributed by atoms with Crippen LogP contribution < -0.4 is 0 Å². The van der Waals surface area contributed by atoms with Crippen molar-refractivity contribution in [2.75, 3.05) is 0 Å². The number of hydrogen-bond donors (Lipinski definition) is 1. The van der Waals surface area contributed by atoms with Crippen LogP contribution in [0.15, 0.2) is 81.5 Å². The van der Waals surface area contributed by atoms with Crippen molar-refractivity contribution in [1.82, 2.24) is 5.16 Å². The van der Waals surface area contributed by atoms with E-state index in [1.807, 2.05) is 74.5 Å². The number of carbonyl (C=O) groups excluding carboxylic acids is 2. The minimum atomic E-state index is -0.219. The Bertz CT molecular complexity index is 1370. The Kier molecular flexibility index (Phi) is 6.92. The van der Waals surface area contributed by atoms with Crippen LogP contribution in [0.25, 0.3) is 0 Å². The summed E-state index contributed by atoms with van der Waals surface area (Å²) in [5.74, 6) is 0.607. The topological polar surface area (TPSA) is 92.8 Å². The number of carbonyl (C=O) groups is 2. The first-order valence-electron chi connectivity index (χ1n) is 12.9. The van der Waals surface area contributed by atoms with Gasteiger partial charge in [-0.1, -0.05) is 79.7 Å². The number of ketones is 2. The summed E-state index contributed by atoms with van der Waals surface area (Å²) in [6, 6.07) is 19.8. The van der Waals surface area contributed by atoms with Gasteiger partial charge in [-0.15, -0.1) is 0 Å². The van der Waals surface area contributed by atoms with Crippen LogP contribution in [-0.2, 0) is 24.2 Å². The summed E-state index contributed by atoms with van der Waals surface area (Å²) in [4.78, 5) is 30.9. The zero-order chi connectivity index (χ0) is 26.0. The Labute approximate surface area is 217 Å². The van der Waals surface area contributed by atoms with Crippen molar-refractivity contribution in [1.29, 1.82) is 0 Å². The molecule has 0 saturated heterocycles. The fourth-order valence-electron chi connectivity index (χ4n) is 5.45. The maximum Gasteiger partial charge on any atom is 0.168 e. The van der Waals surface area contributed by atoms with Gasteiger partial charge in [-0.25, -0.2) is 0 Å². The summed E-state index contributed by atoms with van der Waals surface area (Å²) >= 11 is 0. The van der Waals surface area contributed by atoms with Crippen LogP contribution >= 0.6 is 0 Å². The number of allylic oxidation sites excluding steroid dienone is 2. The second-order valence-corrected chi connectivity index (χ2v) is 10.9. The van der Waals surface area contributed by atoms with Crippen molar-refractivity contribution in [2.24, 2.45) is 10.4 Å². The number of Topliss-reactive ketones (excluding diaryl/α,β-unsaturated/α-hetero) is 2. The molecule has 1 saturated carbocycles. The van der Waals surface area contributed by atoms with E-state index in [2.05, 4.69) is 5.16 Å². The van der Waals surface area contributed by atoms with E-state index in [0.717, 1.165) is 11.1 Å². The highest BCUT2D eigenvalue weighted by Gasteiger charge is 2.37. The first-order valence-corrected chi connectivity index (χ1v) is 12.9. The maximum absolute atomic E-state index is 13.1. The van der Waals surface area contributed by atoms with Gasteiger partial charge < -0.3 is 9.63 Å². The Balaban J connectivity index is 1.35. The zero-order valence-corrected chi connectivity index (χ0v) is 21.4. The predicted octanol–water partition coefficient (Wildman–Crippen LogP) is 6.36. The maximum atomic E-state index is 13.1. The van der Waals surface area contributed by atoms with Crippen LogP contribution in [0.5, 0.6) is 0 Å². The van der Waals surface area contributed by atoms with E-state index in [0.29, 0.717) is 67.0 Å². The molecule has 1 unspecified atom stereocenters. The van der Waals surface area contributed by atoms with Crippen molar-refractivity contribution >= 4 is 17.3 Å². The highest BCUT2D eigenvalue weighted by atomic mass is 16.5. The summed E-state index contributed by atoms with van der Waals surface area (Å²) in [7, 11) is 0. The average Bonchev–Trinajstić information content (AvgIpc) is 3.30. The number of aliphatic imine (C=N–C) groups is 1. The molecular weight excluding hydrogens is 464 g/mol. The zero-order valence-electron chi connectivity index (χ0n) is 21.4. The second-order valence-electron chi connectivity index (χ2n) is 10.9. The molecule has 1 aromatic heterocycles. The molecule has 5 rings (SSSR count). The van der Waals surface area contributed by atoms with Gasteiger partial charge in [0, 0.05) is 37.8 Å². The van der Waals surface area contributed by atoms with E-state index in [4.69, 9.17) is 9.52 Å². The van der Waals surface area contributed by atoms with E-state index >= 15 is 0 Å². The molecule has 3 aromatic rings. The predicted molar refractivity (Wildman–Crippen MR) is 142 cm³/mol. The Morgan fingerprint density at radius 2 is 1.70 bits per heavy atom. The van der Waals surface area contributed by atoms with Crippen molar-refractivity contribution in [3.8, 4) is 0 Å². The fraction of sp³-hybridized carbons (Fsp3) is 0.355. The van der Waals surface area contributed by atoms with Gasteiger partial charge in [-0.3, -0.25) is 14.6 Å². The van der Waals surface area contributed by atoms with Gasteiger partial charge in [0.2, 0.25) is 0 Å². The molecule has 1 atom stereocenters. The van der Waals surface area contributed by atoms with Crippen LogP contribution in [0.4, 0.5) is 0 Å². The number of fused-ring (bicyclic) bond motifs is 1. The number of benzene rings is 2. The number of aliphatic hydroxyl groups is 1. The highest BCUT2D eigenvalue weighted by molar-refractivity contribution is 6.24. The van der Waals surface area contributed by atoms with E-state index < -0.39 is 0 Å². The first-order chi connectivity index (χ1) is 17.8. The lowest BCUT2D eigenvalue weighted by Gasteiger charge is -2.31. The van der Waals surface area contributed by atoms with Gasteiger partial charge in [-0.2, -0.15) is 0 Å². The molecule has 0 spiro atoms. The smallest absolute Gasteiger partial charge is 0.168 e. The van der Waals surface area contributed by atoms with E-state index in [-0.39, 0.29) is 35.1 Å². The lowest BCUT2D eigenvalue weighted by atomic mass is 9.73. The van der Waals surface area contributed by atoms with Crippen LogP contribution in [0, 0.1) is 5.41 Å². The average molecular weight is 497 g/mol. The fourth-order valence-corrected chi connectivity index (χ4v) is 5.45. The van der Waals surface area contributed by atoms with E-state index in [1.54, 1.807) is 0 Å². The third kappa shape index (κ3) is 5.48. The number of nitrogens with zero attached hydrogens (tertiary/aromatic N) is 2. The monoisotopic (exact) mass is 496 g/mol. The third-order valence-electron chi connectivity index (χ3n) is 7.28. The minimum absolute atomic E-state index is 0.00878. The third-order valence-corrected chi connectivity index (χ3v) is 7.28. The van der Waals surface area contributed by atoms with Crippen LogP contribution in [0.1, 0.15) is 78.4 Å². The molecule has 1 N–H and O–H groups in total. The molecule has 190 valence electrons. The molecule has 0 aliphatic heterocycles. The normalized spacial score (nSPS) is 21.7. The summed E-state index contributed by atoms with van der Waals surface area (Å²) in [6.07, 6.45) is 2.51. The Morgan fingerprint density at radius 1 is 1.00 bits per heavy atom. The summed E-state index contributed by atoms with van der Waals surface area (Å²) < 4.78 is 5.58. The van der Waals surface area contributed by atoms with Gasteiger partial charge in [0.15, 0.2) is 11.6 Å². The SMILES string of the molecule is CC1(C)CC(=O)/C(=C(/O)CCc2noc3c2C(=O)CC(c2ccccc2)C3)C(=NCc2ccccc2)C1. The quantitative estimate of drug-likeness (QED) is 0.316.